The van der Waals surface area contributed by atoms with E-state index in [0.29, 0.717) is 31.0 Å². The van der Waals surface area contributed by atoms with Gasteiger partial charge in [-0.15, -0.1) is 24.0 Å². The molecule has 1 heterocycles. The number of hydrogen-bond donors (Lipinski definition) is 2. The number of hydrogen-bond acceptors (Lipinski definition) is 2. The van der Waals surface area contributed by atoms with E-state index in [1.807, 2.05) is 6.92 Å². The molecule has 0 amide bonds. The maximum Gasteiger partial charge on any atom is 0.390 e. The molecule has 0 radical (unpaired) electrons. The average molecular weight is 464 g/mol. The van der Waals surface area contributed by atoms with Crippen LogP contribution in [-0.2, 0) is 0 Å². The lowest BCUT2D eigenvalue weighted by molar-refractivity contribution is -0.132. The van der Waals surface area contributed by atoms with Crippen molar-refractivity contribution >= 4 is 29.9 Å². The van der Waals surface area contributed by atoms with E-state index in [4.69, 9.17) is 0 Å². The third-order valence-corrected chi connectivity index (χ3v) is 3.91. The van der Waals surface area contributed by atoms with Gasteiger partial charge in [0.2, 0.25) is 0 Å². The van der Waals surface area contributed by atoms with Crippen molar-refractivity contribution in [3.05, 3.63) is 0 Å². The Morgan fingerprint density at radius 1 is 1.17 bits per heavy atom. The maximum atomic E-state index is 12.2. The quantitative estimate of drug-likeness (QED) is 0.328. The summed E-state index contributed by atoms with van der Waals surface area (Å²) in [4.78, 5) is 6.98. The van der Waals surface area contributed by atoms with Crippen LogP contribution < -0.4 is 10.6 Å². The minimum atomic E-state index is -4.14. The van der Waals surface area contributed by atoms with Crippen molar-refractivity contribution in [2.75, 3.05) is 32.7 Å². The van der Waals surface area contributed by atoms with Gasteiger partial charge in [0.05, 0.1) is 13.0 Å². The Hall–Kier alpha value is -0.250. The number of guanidine groups is 1. The molecule has 2 N–H and O–H groups in total. The van der Waals surface area contributed by atoms with E-state index in [1.54, 1.807) is 0 Å². The van der Waals surface area contributed by atoms with Gasteiger partial charge in [-0.25, -0.2) is 0 Å². The van der Waals surface area contributed by atoms with E-state index in [1.165, 1.54) is 12.8 Å². The van der Waals surface area contributed by atoms with E-state index in [2.05, 4.69) is 34.4 Å². The molecule has 0 bridgehead atoms. The molecule has 0 aromatic carbocycles. The van der Waals surface area contributed by atoms with E-state index in [9.17, 15) is 13.2 Å². The molecular weight excluding hydrogens is 432 g/mol. The predicted molar refractivity (Wildman–Crippen MR) is 104 cm³/mol. The molecule has 1 fully saturated rings. The molecule has 1 aliphatic heterocycles. The highest BCUT2D eigenvalue weighted by atomic mass is 127. The first kappa shape index (κ1) is 23.8. The summed E-state index contributed by atoms with van der Waals surface area (Å²) < 4.78 is 36.7. The third-order valence-electron chi connectivity index (χ3n) is 3.91. The van der Waals surface area contributed by atoms with Gasteiger partial charge in [0.25, 0.3) is 0 Å². The average Bonchev–Trinajstić information content (AvgIpc) is 2.95. The second-order valence-corrected chi connectivity index (χ2v) is 6.54. The standard InChI is InChI=1S/C16H31F3N4.HI/c1-4-20-15(21-8-7-16(17,18)19)22-12-14(11-13(2)3)23-9-5-6-10-23;/h13-14H,4-12H2,1-3H3,(H2,20,21,22);1H. The van der Waals surface area contributed by atoms with Gasteiger partial charge in [-0.2, -0.15) is 13.2 Å². The lowest BCUT2D eigenvalue weighted by Gasteiger charge is -2.28. The van der Waals surface area contributed by atoms with Crippen LogP contribution in [0, 0.1) is 5.92 Å². The zero-order valence-corrected chi connectivity index (χ0v) is 17.3. The molecule has 24 heavy (non-hydrogen) atoms. The molecule has 144 valence electrons. The van der Waals surface area contributed by atoms with Crippen molar-refractivity contribution in [3.63, 3.8) is 0 Å². The van der Waals surface area contributed by atoms with Crippen molar-refractivity contribution < 1.29 is 13.2 Å². The second-order valence-electron chi connectivity index (χ2n) is 6.54. The SMILES string of the molecule is CCNC(=NCC(CC(C)C)N1CCCC1)NCCC(F)(F)F.I. The molecule has 0 spiro atoms. The highest BCUT2D eigenvalue weighted by Crippen LogP contribution is 2.19. The first-order valence-corrected chi connectivity index (χ1v) is 8.64. The Kier molecular flexibility index (Phi) is 12.0. The summed E-state index contributed by atoms with van der Waals surface area (Å²) in [5.74, 6) is 1.06. The van der Waals surface area contributed by atoms with Crippen LogP contribution in [0.4, 0.5) is 13.2 Å². The molecule has 4 nitrogen and oxygen atoms in total. The van der Waals surface area contributed by atoms with Crippen LogP contribution in [0.2, 0.25) is 0 Å². The first-order valence-electron chi connectivity index (χ1n) is 8.64. The van der Waals surface area contributed by atoms with Crippen molar-refractivity contribution in [2.45, 2.75) is 58.7 Å². The van der Waals surface area contributed by atoms with Gasteiger partial charge in [0.1, 0.15) is 0 Å². The summed E-state index contributed by atoms with van der Waals surface area (Å²) >= 11 is 0. The van der Waals surface area contributed by atoms with Gasteiger partial charge >= 0.3 is 6.18 Å². The summed E-state index contributed by atoms with van der Waals surface area (Å²) in [6.45, 7) is 9.62. The van der Waals surface area contributed by atoms with Gasteiger partial charge in [-0.1, -0.05) is 13.8 Å². The topological polar surface area (TPSA) is 39.7 Å². The summed E-state index contributed by atoms with van der Waals surface area (Å²) in [6.07, 6.45) is -1.48. The van der Waals surface area contributed by atoms with Gasteiger partial charge < -0.3 is 10.6 Å². The Balaban J connectivity index is 0.00000529. The number of likely N-dealkylation sites (tertiary alicyclic amines) is 1. The predicted octanol–water partition coefficient (Wildman–Crippen LogP) is 3.62. The molecule has 1 atom stereocenters. The lowest BCUT2D eigenvalue weighted by Crippen LogP contribution is -2.41. The summed E-state index contributed by atoms with van der Waals surface area (Å²) in [7, 11) is 0. The second kappa shape index (κ2) is 12.2. The minimum Gasteiger partial charge on any atom is -0.357 e. The fourth-order valence-electron chi connectivity index (χ4n) is 2.85. The summed E-state index contributed by atoms with van der Waals surface area (Å²) in [5.41, 5.74) is 0. The van der Waals surface area contributed by atoms with Crippen LogP contribution in [-0.4, -0.2) is 55.8 Å². The van der Waals surface area contributed by atoms with Crippen LogP contribution >= 0.6 is 24.0 Å². The molecule has 1 saturated heterocycles. The number of halogens is 4. The van der Waals surface area contributed by atoms with Crippen molar-refractivity contribution in [3.8, 4) is 0 Å². The van der Waals surface area contributed by atoms with Gasteiger partial charge in [-0.3, -0.25) is 9.89 Å². The lowest BCUT2D eigenvalue weighted by atomic mass is 10.0. The minimum absolute atomic E-state index is 0. The van der Waals surface area contributed by atoms with Gasteiger partial charge in [0.15, 0.2) is 5.96 Å². The first-order chi connectivity index (χ1) is 10.8. The van der Waals surface area contributed by atoms with E-state index < -0.39 is 12.6 Å². The Bertz CT molecular complexity index is 356. The zero-order chi connectivity index (χ0) is 17.3. The number of rotatable bonds is 8. The molecular formula is C16H32F3IN4. The highest BCUT2D eigenvalue weighted by Gasteiger charge is 2.26. The van der Waals surface area contributed by atoms with Crippen molar-refractivity contribution in [2.24, 2.45) is 10.9 Å². The van der Waals surface area contributed by atoms with Crippen molar-refractivity contribution in [1.29, 1.82) is 0 Å². The molecule has 0 aromatic heterocycles. The molecule has 1 rings (SSSR count). The molecule has 8 heteroatoms. The Labute approximate surface area is 161 Å². The van der Waals surface area contributed by atoms with E-state index in [0.717, 1.165) is 19.5 Å². The summed E-state index contributed by atoms with van der Waals surface area (Å²) in [6, 6.07) is 0.371. The largest absolute Gasteiger partial charge is 0.390 e. The van der Waals surface area contributed by atoms with Crippen LogP contribution in [0.15, 0.2) is 4.99 Å². The zero-order valence-electron chi connectivity index (χ0n) is 15.0. The summed E-state index contributed by atoms with van der Waals surface area (Å²) in [5, 5.41) is 5.80. The number of aliphatic imine (C=N–C) groups is 1. The molecule has 0 saturated carbocycles. The monoisotopic (exact) mass is 464 g/mol. The van der Waals surface area contributed by atoms with Crippen LogP contribution in [0.1, 0.15) is 46.5 Å². The Morgan fingerprint density at radius 2 is 1.79 bits per heavy atom. The third kappa shape index (κ3) is 10.6. The number of nitrogens with one attached hydrogen (secondary N) is 2. The highest BCUT2D eigenvalue weighted by molar-refractivity contribution is 14.0. The van der Waals surface area contributed by atoms with Gasteiger partial charge in [0, 0.05) is 19.1 Å². The van der Waals surface area contributed by atoms with Crippen LogP contribution in [0.25, 0.3) is 0 Å². The maximum absolute atomic E-state index is 12.2. The number of alkyl halides is 3. The molecule has 0 aromatic rings. The molecule has 1 unspecified atom stereocenters. The fourth-order valence-corrected chi connectivity index (χ4v) is 2.85. The van der Waals surface area contributed by atoms with Crippen LogP contribution in [0.3, 0.4) is 0 Å². The fraction of sp³-hybridized carbons (Fsp3) is 0.938. The van der Waals surface area contributed by atoms with E-state index in [-0.39, 0.29) is 30.5 Å². The van der Waals surface area contributed by atoms with Crippen LogP contribution in [0.5, 0.6) is 0 Å². The molecule has 0 aliphatic carbocycles. The van der Waals surface area contributed by atoms with E-state index >= 15 is 0 Å². The number of nitrogens with zero attached hydrogens (tertiary/aromatic N) is 2. The van der Waals surface area contributed by atoms with Gasteiger partial charge in [-0.05, 0) is 45.2 Å². The Morgan fingerprint density at radius 3 is 2.29 bits per heavy atom. The smallest absolute Gasteiger partial charge is 0.357 e. The normalized spacial score (nSPS) is 17.7. The van der Waals surface area contributed by atoms with Crippen molar-refractivity contribution in [1.82, 2.24) is 15.5 Å². The molecule has 1 aliphatic rings.